The molecule has 8 nitrogen and oxygen atoms in total. The Bertz CT molecular complexity index is 789. The van der Waals surface area contributed by atoms with Crippen molar-refractivity contribution in [1.82, 2.24) is 19.9 Å². The molecule has 1 aliphatic heterocycles. The molecule has 3 heterocycles. The molecule has 0 aromatic carbocycles. The fourth-order valence-corrected chi connectivity index (χ4v) is 3.71. The number of hydrogen-bond acceptors (Lipinski definition) is 8. The van der Waals surface area contributed by atoms with E-state index in [2.05, 4.69) is 39.0 Å². The number of rotatable bonds is 3. The van der Waals surface area contributed by atoms with Gasteiger partial charge in [-0.1, -0.05) is 13.8 Å². The molecule has 1 atom stereocenters. The van der Waals surface area contributed by atoms with Gasteiger partial charge in [-0.25, -0.2) is 19.9 Å². The SMILES string of the molecule is CC1(C)Cc2nc(N3CCOCC3)ncc2[C@@H](Nc2cc(N)ncn2)C1. The lowest BCUT2D eigenvalue weighted by Crippen LogP contribution is -2.38. The first-order valence-corrected chi connectivity index (χ1v) is 9.03. The van der Waals surface area contributed by atoms with E-state index >= 15 is 0 Å². The molecule has 138 valence electrons. The summed E-state index contributed by atoms with van der Waals surface area (Å²) in [5.41, 5.74) is 8.17. The number of nitrogens with two attached hydrogens (primary N) is 1. The molecule has 0 bridgehead atoms. The van der Waals surface area contributed by atoms with Gasteiger partial charge in [-0.2, -0.15) is 0 Å². The van der Waals surface area contributed by atoms with Crippen molar-refractivity contribution >= 4 is 17.6 Å². The van der Waals surface area contributed by atoms with Gasteiger partial charge in [0.15, 0.2) is 0 Å². The van der Waals surface area contributed by atoms with Gasteiger partial charge in [-0.15, -0.1) is 0 Å². The number of anilines is 3. The van der Waals surface area contributed by atoms with Gasteiger partial charge in [-0.3, -0.25) is 0 Å². The summed E-state index contributed by atoms with van der Waals surface area (Å²) < 4.78 is 5.43. The second-order valence-corrected chi connectivity index (χ2v) is 7.74. The molecule has 0 saturated carbocycles. The summed E-state index contributed by atoms with van der Waals surface area (Å²) in [5.74, 6) is 1.98. The topological polar surface area (TPSA) is 102 Å². The van der Waals surface area contributed by atoms with Crippen LogP contribution >= 0.6 is 0 Å². The molecular formula is C18H25N7O. The maximum Gasteiger partial charge on any atom is 0.225 e. The van der Waals surface area contributed by atoms with Crippen LogP contribution < -0.4 is 16.0 Å². The van der Waals surface area contributed by atoms with Crippen molar-refractivity contribution < 1.29 is 4.74 Å². The molecule has 2 aliphatic rings. The number of nitrogens with one attached hydrogen (secondary N) is 1. The summed E-state index contributed by atoms with van der Waals surface area (Å²) in [7, 11) is 0. The summed E-state index contributed by atoms with van der Waals surface area (Å²) in [6.45, 7) is 7.68. The lowest BCUT2D eigenvalue weighted by atomic mass is 9.74. The summed E-state index contributed by atoms with van der Waals surface area (Å²) in [6, 6.07) is 1.85. The minimum atomic E-state index is 0.0989. The second-order valence-electron chi connectivity index (χ2n) is 7.74. The molecule has 26 heavy (non-hydrogen) atoms. The summed E-state index contributed by atoms with van der Waals surface area (Å²) in [5, 5.41) is 3.49. The average Bonchev–Trinajstić information content (AvgIpc) is 2.61. The van der Waals surface area contributed by atoms with Crippen LogP contribution in [0.1, 0.15) is 37.6 Å². The highest BCUT2D eigenvalue weighted by Crippen LogP contribution is 2.41. The summed E-state index contributed by atoms with van der Waals surface area (Å²) in [6.07, 6.45) is 5.35. The van der Waals surface area contributed by atoms with Crippen LogP contribution in [0.15, 0.2) is 18.6 Å². The van der Waals surface area contributed by atoms with E-state index in [-0.39, 0.29) is 11.5 Å². The Kier molecular flexibility index (Phi) is 4.36. The van der Waals surface area contributed by atoms with E-state index < -0.39 is 0 Å². The first-order valence-electron chi connectivity index (χ1n) is 9.03. The van der Waals surface area contributed by atoms with Crippen LogP contribution in [0.4, 0.5) is 17.6 Å². The van der Waals surface area contributed by atoms with Crippen LogP contribution in [0.2, 0.25) is 0 Å². The minimum Gasteiger partial charge on any atom is -0.384 e. The maximum atomic E-state index is 5.78. The van der Waals surface area contributed by atoms with Gasteiger partial charge in [0.05, 0.1) is 24.9 Å². The first kappa shape index (κ1) is 17.0. The third-order valence-corrected chi connectivity index (χ3v) is 4.97. The second kappa shape index (κ2) is 6.68. The van der Waals surface area contributed by atoms with E-state index in [4.69, 9.17) is 15.5 Å². The van der Waals surface area contributed by atoms with Gasteiger partial charge in [-0.05, 0) is 18.3 Å². The molecule has 1 aliphatic carbocycles. The fourth-order valence-electron chi connectivity index (χ4n) is 3.71. The van der Waals surface area contributed by atoms with E-state index in [9.17, 15) is 0 Å². The Hall–Kier alpha value is -2.48. The molecule has 0 unspecified atom stereocenters. The van der Waals surface area contributed by atoms with Crippen molar-refractivity contribution in [3.63, 3.8) is 0 Å². The summed E-state index contributed by atoms with van der Waals surface area (Å²) in [4.78, 5) is 20.0. The number of ether oxygens (including phenoxy) is 1. The Labute approximate surface area is 153 Å². The highest BCUT2D eigenvalue weighted by Gasteiger charge is 2.34. The Balaban J connectivity index is 1.63. The lowest BCUT2D eigenvalue weighted by molar-refractivity contribution is 0.122. The smallest absolute Gasteiger partial charge is 0.225 e. The predicted molar refractivity (Wildman–Crippen MR) is 100.0 cm³/mol. The number of morpholine rings is 1. The van der Waals surface area contributed by atoms with Crippen LogP contribution in [0.3, 0.4) is 0 Å². The molecule has 1 saturated heterocycles. The number of nitrogen functional groups attached to an aromatic ring is 1. The zero-order chi connectivity index (χ0) is 18.1. The van der Waals surface area contributed by atoms with Gasteiger partial charge in [0.2, 0.25) is 5.95 Å². The highest BCUT2D eigenvalue weighted by molar-refractivity contribution is 5.47. The molecule has 2 aromatic rings. The molecule has 0 amide bonds. The monoisotopic (exact) mass is 355 g/mol. The largest absolute Gasteiger partial charge is 0.384 e. The zero-order valence-corrected chi connectivity index (χ0v) is 15.3. The molecular weight excluding hydrogens is 330 g/mol. The zero-order valence-electron chi connectivity index (χ0n) is 15.3. The Morgan fingerprint density at radius 1 is 1.23 bits per heavy atom. The predicted octanol–water partition coefficient (Wildman–Crippen LogP) is 1.81. The standard InChI is InChI=1S/C18H25N7O/c1-18(2)8-13(23-16-7-15(19)21-11-22-16)12-10-20-17(24-14(12)9-18)25-3-5-26-6-4-25/h7,10-11,13H,3-6,8-9H2,1-2H3,(H3,19,21,22,23)/t13-/m0/s1. The van der Waals surface area contributed by atoms with Crippen molar-refractivity contribution in [2.24, 2.45) is 5.41 Å². The van der Waals surface area contributed by atoms with Crippen molar-refractivity contribution in [1.29, 1.82) is 0 Å². The van der Waals surface area contributed by atoms with Crippen molar-refractivity contribution in [3.05, 3.63) is 29.8 Å². The molecule has 1 fully saturated rings. The molecule has 3 N–H and O–H groups in total. The molecule has 8 heteroatoms. The van der Waals surface area contributed by atoms with E-state index in [1.165, 1.54) is 6.33 Å². The van der Waals surface area contributed by atoms with E-state index in [1.807, 2.05) is 6.20 Å². The molecule has 0 spiro atoms. The van der Waals surface area contributed by atoms with Gasteiger partial charge < -0.3 is 20.7 Å². The van der Waals surface area contributed by atoms with E-state index in [0.29, 0.717) is 5.82 Å². The van der Waals surface area contributed by atoms with Gasteiger partial charge in [0.1, 0.15) is 18.0 Å². The lowest BCUT2D eigenvalue weighted by Gasteiger charge is -2.37. The van der Waals surface area contributed by atoms with Gasteiger partial charge in [0, 0.05) is 30.9 Å². The molecule has 2 aromatic heterocycles. The third-order valence-electron chi connectivity index (χ3n) is 4.97. The van der Waals surface area contributed by atoms with Crippen LogP contribution in [-0.4, -0.2) is 46.2 Å². The minimum absolute atomic E-state index is 0.0989. The Morgan fingerprint density at radius 3 is 2.81 bits per heavy atom. The van der Waals surface area contributed by atoms with Crippen molar-refractivity contribution in [2.45, 2.75) is 32.7 Å². The van der Waals surface area contributed by atoms with E-state index in [0.717, 1.165) is 62.2 Å². The van der Waals surface area contributed by atoms with Crippen LogP contribution in [0, 0.1) is 5.41 Å². The normalized spacial score (nSPS) is 21.9. The fraction of sp³-hybridized carbons (Fsp3) is 0.556. The quantitative estimate of drug-likeness (QED) is 0.859. The van der Waals surface area contributed by atoms with Crippen LogP contribution in [-0.2, 0) is 11.2 Å². The van der Waals surface area contributed by atoms with Gasteiger partial charge >= 0.3 is 0 Å². The highest BCUT2D eigenvalue weighted by atomic mass is 16.5. The first-order chi connectivity index (χ1) is 12.5. The summed E-state index contributed by atoms with van der Waals surface area (Å²) >= 11 is 0. The van der Waals surface area contributed by atoms with Crippen molar-refractivity contribution in [3.8, 4) is 0 Å². The molecule has 0 radical (unpaired) electrons. The number of hydrogen-bond donors (Lipinski definition) is 2. The Morgan fingerprint density at radius 2 is 2.04 bits per heavy atom. The third kappa shape index (κ3) is 3.55. The maximum absolute atomic E-state index is 5.78. The number of fused-ring (bicyclic) bond motifs is 1. The number of nitrogens with zero attached hydrogens (tertiary/aromatic N) is 5. The number of aromatic nitrogens is 4. The van der Waals surface area contributed by atoms with Crippen molar-refractivity contribution in [2.75, 3.05) is 42.3 Å². The van der Waals surface area contributed by atoms with Gasteiger partial charge in [0.25, 0.3) is 0 Å². The van der Waals surface area contributed by atoms with Crippen LogP contribution in [0.25, 0.3) is 0 Å². The van der Waals surface area contributed by atoms with Crippen LogP contribution in [0.5, 0.6) is 0 Å². The average molecular weight is 355 g/mol. The van der Waals surface area contributed by atoms with E-state index in [1.54, 1.807) is 6.07 Å². The molecule has 4 rings (SSSR count).